The van der Waals surface area contributed by atoms with Gasteiger partial charge in [0.1, 0.15) is 0 Å². The van der Waals surface area contributed by atoms with E-state index in [1.807, 2.05) is 6.92 Å². The van der Waals surface area contributed by atoms with Crippen LogP contribution in [0, 0.1) is 40.4 Å². The van der Waals surface area contributed by atoms with E-state index in [1.54, 1.807) is 5.57 Å². The molecule has 4 aliphatic carbocycles. The Bertz CT molecular complexity index is 593. The summed E-state index contributed by atoms with van der Waals surface area (Å²) in [5, 5.41) is 19.9. The Morgan fingerprint density at radius 3 is 2.59 bits per heavy atom. The molecular formula is C25H42O2. The van der Waals surface area contributed by atoms with Crippen molar-refractivity contribution in [3.8, 4) is 0 Å². The Labute approximate surface area is 166 Å². The lowest BCUT2D eigenvalue weighted by molar-refractivity contribution is -0.0706. The number of aliphatic hydroxyl groups is 2. The van der Waals surface area contributed by atoms with E-state index < -0.39 is 5.60 Å². The van der Waals surface area contributed by atoms with Gasteiger partial charge in [-0.05, 0) is 112 Å². The van der Waals surface area contributed by atoms with Crippen LogP contribution in [0.5, 0.6) is 0 Å². The predicted molar refractivity (Wildman–Crippen MR) is 111 cm³/mol. The van der Waals surface area contributed by atoms with Gasteiger partial charge < -0.3 is 10.2 Å². The highest BCUT2D eigenvalue weighted by Gasteiger charge is 2.59. The Morgan fingerprint density at radius 2 is 1.85 bits per heavy atom. The third-order valence-electron chi connectivity index (χ3n) is 9.96. The number of aliphatic hydroxyl groups excluding tert-OH is 1. The molecule has 0 aliphatic heterocycles. The van der Waals surface area contributed by atoms with Crippen LogP contribution in [0.2, 0.25) is 0 Å². The van der Waals surface area contributed by atoms with Crippen molar-refractivity contribution in [2.24, 2.45) is 40.4 Å². The quantitative estimate of drug-likeness (QED) is 0.617. The van der Waals surface area contributed by atoms with Gasteiger partial charge in [-0.15, -0.1) is 0 Å². The molecule has 3 fully saturated rings. The molecule has 2 heteroatoms. The second kappa shape index (κ2) is 6.87. The highest BCUT2D eigenvalue weighted by atomic mass is 16.3. The Balaban J connectivity index is 1.56. The Morgan fingerprint density at radius 1 is 1.07 bits per heavy atom. The number of hydrogen-bond acceptors (Lipinski definition) is 2. The highest BCUT2D eigenvalue weighted by Crippen LogP contribution is 2.67. The zero-order valence-corrected chi connectivity index (χ0v) is 18.1. The van der Waals surface area contributed by atoms with Crippen molar-refractivity contribution in [2.75, 3.05) is 6.61 Å². The number of allylic oxidation sites excluding steroid dienone is 1. The van der Waals surface area contributed by atoms with E-state index in [-0.39, 0.29) is 0 Å². The van der Waals surface area contributed by atoms with Crippen LogP contribution in [-0.4, -0.2) is 22.4 Å². The van der Waals surface area contributed by atoms with Crippen molar-refractivity contribution in [2.45, 2.75) is 97.5 Å². The minimum Gasteiger partial charge on any atom is -0.396 e. The van der Waals surface area contributed by atoms with E-state index in [4.69, 9.17) is 0 Å². The van der Waals surface area contributed by atoms with Crippen molar-refractivity contribution in [3.63, 3.8) is 0 Å². The van der Waals surface area contributed by atoms with Gasteiger partial charge >= 0.3 is 0 Å². The zero-order chi connectivity index (χ0) is 19.4. The van der Waals surface area contributed by atoms with Crippen LogP contribution in [0.4, 0.5) is 0 Å². The average molecular weight is 375 g/mol. The molecule has 154 valence electrons. The molecule has 3 saturated carbocycles. The van der Waals surface area contributed by atoms with Crippen molar-refractivity contribution < 1.29 is 10.2 Å². The lowest BCUT2D eigenvalue weighted by atomic mass is 9.46. The van der Waals surface area contributed by atoms with Crippen LogP contribution in [0.15, 0.2) is 11.6 Å². The molecule has 4 aliphatic rings. The van der Waals surface area contributed by atoms with E-state index in [1.165, 1.54) is 44.9 Å². The number of rotatable bonds is 4. The third-order valence-corrected chi connectivity index (χ3v) is 9.96. The second-order valence-electron chi connectivity index (χ2n) is 11.5. The lowest BCUT2D eigenvalue weighted by Crippen LogP contribution is -2.52. The first-order valence-corrected chi connectivity index (χ1v) is 11.7. The molecule has 0 aromatic rings. The van der Waals surface area contributed by atoms with Gasteiger partial charge in [-0.1, -0.05) is 32.4 Å². The molecule has 4 rings (SSSR count). The fourth-order valence-electron chi connectivity index (χ4n) is 8.39. The largest absolute Gasteiger partial charge is 0.396 e. The minimum absolute atomic E-state index is 0.340. The zero-order valence-electron chi connectivity index (χ0n) is 18.1. The van der Waals surface area contributed by atoms with Gasteiger partial charge in [0, 0.05) is 6.61 Å². The standard InChI is InChI=1S/C25H42O2/c1-17(6-5-15-26)20-9-10-21-19-8-7-18-16-23(2,27)13-14-24(18,3)22(19)11-12-25(20,21)4/h7,17,19-22,26-27H,5-6,8-16H2,1-4H3/t17-,19?,20-,21+,22+,23+,24+,25-/m1/s1. The maximum atomic E-state index is 10.6. The summed E-state index contributed by atoms with van der Waals surface area (Å²) in [7, 11) is 0. The van der Waals surface area contributed by atoms with Crippen LogP contribution in [0.3, 0.4) is 0 Å². The molecule has 0 bridgehead atoms. The number of hydrogen-bond donors (Lipinski definition) is 2. The normalized spacial score (nSPS) is 50.4. The molecule has 0 spiro atoms. The van der Waals surface area contributed by atoms with Gasteiger partial charge in [-0.3, -0.25) is 0 Å². The molecule has 1 unspecified atom stereocenters. The summed E-state index contributed by atoms with van der Waals surface area (Å²) >= 11 is 0. The molecule has 2 nitrogen and oxygen atoms in total. The van der Waals surface area contributed by atoms with Gasteiger partial charge in [-0.2, -0.15) is 0 Å². The van der Waals surface area contributed by atoms with Crippen LogP contribution >= 0.6 is 0 Å². The first kappa shape index (κ1) is 20.0. The Hall–Kier alpha value is -0.340. The van der Waals surface area contributed by atoms with Gasteiger partial charge in [0.05, 0.1) is 5.60 Å². The minimum atomic E-state index is -0.484. The van der Waals surface area contributed by atoms with Crippen LogP contribution in [-0.2, 0) is 0 Å². The summed E-state index contributed by atoms with van der Waals surface area (Å²) < 4.78 is 0. The average Bonchev–Trinajstić information content (AvgIpc) is 2.97. The first-order valence-electron chi connectivity index (χ1n) is 11.7. The first-order chi connectivity index (χ1) is 12.7. The summed E-state index contributed by atoms with van der Waals surface area (Å²) in [5.74, 6) is 4.17. The van der Waals surface area contributed by atoms with Crippen LogP contribution < -0.4 is 0 Å². The van der Waals surface area contributed by atoms with Crippen molar-refractivity contribution in [1.29, 1.82) is 0 Å². The molecule has 0 aromatic heterocycles. The maximum absolute atomic E-state index is 10.6. The fraction of sp³-hybridized carbons (Fsp3) is 0.920. The Kier molecular flexibility index (Phi) is 5.08. The summed E-state index contributed by atoms with van der Waals surface area (Å²) in [6, 6.07) is 0. The SMILES string of the molecule is C[C@H](CCCO)[C@H]1CC[C@H]2C3CC=C4C[C@@](C)(O)CC[C@]4(C)[C@H]3CC[C@]12C. The molecule has 8 atom stereocenters. The topological polar surface area (TPSA) is 40.5 Å². The predicted octanol–water partition coefficient (Wildman–Crippen LogP) is 5.73. The number of fused-ring (bicyclic) bond motifs is 5. The molecule has 0 heterocycles. The molecule has 0 amide bonds. The van der Waals surface area contributed by atoms with Gasteiger partial charge in [-0.25, -0.2) is 0 Å². The van der Waals surface area contributed by atoms with Crippen molar-refractivity contribution in [1.82, 2.24) is 0 Å². The maximum Gasteiger partial charge on any atom is 0.0657 e. The molecule has 2 N–H and O–H groups in total. The van der Waals surface area contributed by atoms with Gasteiger partial charge in [0.2, 0.25) is 0 Å². The molecular weight excluding hydrogens is 332 g/mol. The molecule has 0 radical (unpaired) electrons. The summed E-state index contributed by atoms with van der Waals surface area (Å²) in [6.07, 6.45) is 14.6. The summed E-state index contributed by atoms with van der Waals surface area (Å²) in [6.45, 7) is 9.98. The molecule has 0 saturated heterocycles. The van der Waals surface area contributed by atoms with E-state index in [2.05, 4.69) is 26.8 Å². The molecule has 0 aromatic carbocycles. The van der Waals surface area contributed by atoms with Gasteiger partial charge in [0.25, 0.3) is 0 Å². The van der Waals surface area contributed by atoms with E-state index in [0.717, 1.165) is 48.9 Å². The monoisotopic (exact) mass is 374 g/mol. The smallest absolute Gasteiger partial charge is 0.0657 e. The third kappa shape index (κ3) is 3.14. The van der Waals surface area contributed by atoms with E-state index in [0.29, 0.717) is 17.4 Å². The summed E-state index contributed by atoms with van der Waals surface area (Å²) in [4.78, 5) is 0. The van der Waals surface area contributed by atoms with E-state index >= 15 is 0 Å². The lowest BCUT2D eigenvalue weighted by Gasteiger charge is -2.59. The van der Waals surface area contributed by atoms with Crippen LogP contribution in [0.1, 0.15) is 91.9 Å². The van der Waals surface area contributed by atoms with Crippen LogP contribution in [0.25, 0.3) is 0 Å². The van der Waals surface area contributed by atoms with Crippen molar-refractivity contribution in [3.05, 3.63) is 11.6 Å². The van der Waals surface area contributed by atoms with Gasteiger partial charge in [0.15, 0.2) is 0 Å². The molecule has 27 heavy (non-hydrogen) atoms. The fourth-order valence-corrected chi connectivity index (χ4v) is 8.39. The van der Waals surface area contributed by atoms with E-state index in [9.17, 15) is 10.2 Å². The highest BCUT2D eigenvalue weighted by molar-refractivity contribution is 5.26. The second-order valence-corrected chi connectivity index (χ2v) is 11.5. The van der Waals surface area contributed by atoms with Crippen molar-refractivity contribution >= 4 is 0 Å². The summed E-state index contributed by atoms with van der Waals surface area (Å²) in [5.41, 5.74) is 1.95.